The molecule has 1 aromatic carbocycles. The second kappa shape index (κ2) is 4.80. The number of aldehydes is 1. The zero-order valence-electron chi connectivity index (χ0n) is 8.23. The zero-order chi connectivity index (χ0) is 9.68. The van der Waals surface area contributed by atoms with E-state index in [0.29, 0.717) is 5.92 Å². The monoisotopic (exact) mass is 176 g/mol. The van der Waals surface area contributed by atoms with Gasteiger partial charge in [-0.15, -0.1) is 0 Å². The van der Waals surface area contributed by atoms with Crippen LogP contribution in [0.4, 0.5) is 0 Å². The highest BCUT2D eigenvalue weighted by molar-refractivity contribution is 5.55. The van der Waals surface area contributed by atoms with Gasteiger partial charge >= 0.3 is 0 Å². The lowest BCUT2D eigenvalue weighted by Crippen LogP contribution is -2.09. The smallest absolute Gasteiger partial charge is 0.123 e. The number of rotatable bonds is 4. The van der Waals surface area contributed by atoms with Gasteiger partial charge in [-0.1, -0.05) is 44.2 Å². The average Bonchev–Trinajstić information content (AvgIpc) is 2.20. The molecule has 1 rings (SSSR count). The Morgan fingerprint density at radius 2 is 1.92 bits per heavy atom. The van der Waals surface area contributed by atoms with Crippen molar-refractivity contribution < 1.29 is 4.79 Å². The SMILES string of the molecule is CCC(c1ccccc1)C(C)C=O. The van der Waals surface area contributed by atoms with E-state index in [9.17, 15) is 4.79 Å². The third-order valence-electron chi connectivity index (χ3n) is 2.52. The van der Waals surface area contributed by atoms with Crippen LogP contribution in [0.1, 0.15) is 31.7 Å². The largest absolute Gasteiger partial charge is 0.303 e. The normalized spacial score (nSPS) is 14.9. The first-order valence-electron chi connectivity index (χ1n) is 4.79. The predicted octanol–water partition coefficient (Wildman–Crippen LogP) is 3.02. The minimum atomic E-state index is 0.118. The zero-order valence-corrected chi connectivity index (χ0v) is 8.23. The highest BCUT2D eigenvalue weighted by atomic mass is 16.1. The van der Waals surface area contributed by atoms with Crippen molar-refractivity contribution in [3.63, 3.8) is 0 Å². The van der Waals surface area contributed by atoms with Crippen LogP contribution in [0.5, 0.6) is 0 Å². The lowest BCUT2D eigenvalue weighted by molar-refractivity contribution is -0.111. The Balaban J connectivity index is 2.84. The van der Waals surface area contributed by atoms with Gasteiger partial charge in [-0.2, -0.15) is 0 Å². The first-order chi connectivity index (χ1) is 6.29. The maximum atomic E-state index is 10.7. The number of benzene rings is 1. The summed E-state index contributed by atoms with van der Waals surface area (Å²) >= 11 is 0. The average molecular weight is 176 g/mol. The molecule has 0 N–H and O–H groups in total. The van der Waals surface area contributed by atoms with Gasteiger partial charge in [0.15, 0.2) is 0 Å². The van der Waals surface area contributed by atoms with Crippen LogP contribution < -0.4 is 0 Å². The Hall–Kier alpha value is -1.11. The van der Waals surface area contributed by atoms with Gasteiger partial charge in [0.05, 0.1) is 0 Å². The number of carbonyl (C=O) groups is 1. The molecule has 0 saturated carbocycles. The van der Waals surface area contributed by atoms with E-state index in [-0.39, 0.29) is 5.92 Å². The molecule has 0 aliphatic rings. The molecule has 13 heavy (non-hydrogen) atoms. The summed E-state index contributed by atoms with van der Waals surface area (Å²) in [5, 5.41) is 0. The van der Waals surface area contributed by atoms with E-state index in [1.165, 1.54) is 5.56 Å². The first-order valence-corrected chi connectivity index (χ1v) is 4.79. The van der Waals surface area contributed by atoms with Crippen molar-refractivity contribution >= 4 is 6.29 Å². The van der Waals surface area contributed by atoms with Crippen molar-refractivity contribution in [3.8, 4) is 0 Å². The lowest BCUT2D eigenvalue weighted by Gasteiger charge is -2.17. The quantitative estimate of drug-likeness (QED) is 0.644. The van der Waals surface area contributed by atoms with Crippen LogP contribution in [0.25, 0.3) is 0 Å². The van der Waals surface area contributed by atoms with Gasteiger partial charge < -0.3 is 4.79 Å². The van der Waals surface area contributed by atoms with E-state index in [1.54, 1.807) is 0 Å². The maximum absolute atomic E-state index is 10.7. The van der Waals surface area contributed by atoms with Gasteiger partial charge in [0.25, 0.3) is 0 Å². The fraction of sp³-hybridized carbons (Fsp3) is 0.417. The molecule has 2 atom stereocenters. The van der Waals surface area contributed by atoms with Gasteiger partial charge in [0.1, 0.15) is 6.29 Å². The standard InChI is InChI=1S/C12H16O/c1-3-12(10(2)9-13)11-7-5-4-6-8-11/h4-10,12H,3H2,1-2H3. The Bertz CT molecular complexity index is 253. The second-order valence-corrected chi connectivity index (χ2v) is 3.42. The third kappa shape index (κ3) is 2.41. The van der Waals surface area contributed by atoms with Crippen LogP contribution in [0.2, 0.25) is 0 Å². The fourth-order valence-electron chi connectivity index (χ4n) is 1.71. The minimum Gasteiger partial charge on any atom is -0.303 e. The van der Waals surface area contributed by atoms with Crippen molar-refractivity contribution in [1.29, 1.82) is 0 Å². The summed E-state index contributed by atoms with van der Waals surface area (Å²) in [5.41, 5.74) is 1.27. The molecule has 0 heterocycles. The van der Waals surface area contributed by atoms with Crippen LogP contribution in [0, 0.1) is 5.92 Å². The topological polar surface area (TPSA) is 17.1 Å². The summed E-state index contributed by atoms with van der Waals surface area (Å²) in [5.74, 6) is 0.492. The molecule has 0 radical (unpaired) electrons. The molecule has 0 aromatic heterocycles. The summed E-state index contributed by atoms with van der Waals surface area (Å²) in [6.45, 7) is 4.10. The van der Waals surface area contributed by atoms with E-state index in [1.807, 2.05) is 25.1 Å². The van der Waals surface area contributed by atoms with E-state index in [0.717, 1.165) is 12.7 Å². The van der Waals surface area contributed by atoms with E-state index in [4.69, 9.17) is 0 Å². The second-order valence-electron chi connectivity index (χ2n) is 3.42. The van der Waals surface area contributed by atoms with Gasteiger partial charge in [-0.3, -0.25) is 0 Å². The van der Waals surface area contributed by atoms with Gasteiger partial charge in [-0.25, -0.2) is 0 Å². The summed E-state index contributed by atoms with van der Waals surface area (Å²) in [4.78, 5) is 10.7. The molecule has 70 valence electrons. The number of carbonyl (C=O) groups excluding carboxylic acids is 1. The van der Waals surface area contributed by atoms with Crippen LogP contribution in [0.15, 0.2) is 30.3 Å². The Kier molecular flexibility index (Phi) is 3.69. The third-order valence-corrected chi connectivity index (χ3v) is 2.52. The molecular formula is C12H16O. The molecule has 1 aromatic rings. The first kappa shape index (κ1) is 9.97. The molecule has 0 bridgehead atoms. The van der Waals surface area contributed by atoms with Crippen LogP contribution in [-0.2, 0) is 4.79 Å². The summed E-state index contributed by atoms with van der Waals surface area (Å²) in [6.07, 6.45) is 2.06. The molecule has 1 nitrogen and oxygen atoms in total. The molecule has 0 spiro atoms. The molecular weight excluding hydrogens is 160 g/mol. The minimum absolute atomic E-state index is 0.118. The van der Waals surface area contributed by atoms with Crippen molar-refractivity contribution in [1.82, 2.24) is 0 Å². The molecule has 0 aliphatic carbocycles. The van der Waals surface area contributed by atoms with E-state index in [2.05, 4.69) is 19.1 Å². The number of hydrogen-bond donors (Lipinski definition) is 0. The van der Waals surface area contributed by atoms with Gasteiger partial charge in [0, 0.05) is 5.92 Å². The molecule has 0 aliphatic heterocycles. The molecule has 0 saturated heterocycles. The predicted molar refractivity (Wildman–Crippen MR) is 54.7 cm³/mol. The van der Waals surface area contributed by atoms with Gasteiger partial charge in [0.2, 0.25) is 0 Å². The maximum Gasteiger partial charge on any atom is 0.123 e. The van der Waals surface area contributed by atoms with Crippen molar-refractivity contribution in [2.45, 2.75) is 26.2 Å². The van der Waals surface area contributed by atoms with Crippen molar-refractivity contribution in [3.05, 3.63) is 35.9 Å². The van der Waals surface area contributed by atoms with Crippen LogP contribution in [0.3, 0.4) is 0 Å². The Labute approximate surface area is 79.8 Å². The molecule has 1 heteroatoms. The highest BCUT2D eigenvalue weighted by Crippen LogP contribution is 2.26. The van der Waals surface area contributed by atoms with Crippen LogP contribution >= 0.6 is 0 Å². The van der Waals surface area contributed by atoms with Crippen molar-refractivity contribution in [2.24, 2.45) is 5.92 Å². The summed E-state index contributed by atoms with van der Waals surface area (Å²) < 4.78 is 0. The molecule has 0 fully saturated rings. The Morgan fingerprint density at radius 1 is 1.31 bits per heavy atom. The van der Waals surface area contributed by atoms with E-state index >= 15 is 0 Å². The molecule has 2 unspecified atom stereocenters. The van der Waals surface area contributed by atoms with Gasteiger partial charge in [-0.05, 0) is 17.9 Å². The summed E-state index contributed by atoms with van der Waals surface area (Å²) in [6, 6.07) is 10.2. The fourth-order valence-corrected chi connectivity index (χ4v) is 1.71. The Morgan fingerprint density at radius 3 is 2.38 bits per heavy atom. The number of hydrogen-bond acceptors (Lipinski definition) is 1. The lowest BCUT2D eigenvalue weighted by atomic mass is 9.86. The van der Waals surface area contributed by atoms with Crippen molar-refractivity contribution in [2.75, 3.05) is 0 Å². The highest BCUT2D eigenvalue weighted by Gasteiger charge is 2.15. The van der Waals surface area contributed by atoms with E-state index < -0.39 is 0 Å². The summed E-state index contributed by atoms with van der Waals surface area (Å²) in [7, 11) is 0. The van der Waals surface area contributed by atoms with Crippen LogP contribution in [-0.4, -0.2) is 6.29 Å². The molecule has 0 amide bonds.